The summed E-state index contributed by atoms with van der Waals surface area (Å²) in [5.74, 6) is -3.62. The second-order valence-electron chi connectivity index (χ2n) is 6.46. The van der Waals surface area contributed by atoms with Crippen LogP contribution in [0.2, 0.25) is 0 Å². The third-order valence-corrected chi connectivity index (χ3v) is 5.28. The average Bonchev–Trinajstić information content (AvgIpc) is 2.70. The molecule has 2 aromatic carbocycles. The Morgan fingerprint density at radius 1 is 1.06 bits per heavy atom. The van der Waals surface area contributed by atoms with E-state index in [1.807, 2.05) is 0 Å². The van der Waals surface area contributed by atoms with E-state index < -0.39 is 44.4 Å². The Balaban J connectivity index is 2.15. The van der Waals surface area contributed by atoms with Crippen LogP contribution < -0.4 is 10.2 Å². The molecule has 0 unspecified atom stereocenters. The lowest BCUT2D eigenvalue weighted by atomic mass is 10.1. The molecular weight excluding hydrogens is 434 g/mol. The van der Waals surface area contributed by atoms with Crippen molar-refractivity contribution in [2.45, 2.75) is 11.3 Å². The quantitative estimate of drug-likeness (QED) is 0.530. The first-order chi connectivity index (χ1) is 14.6. The monoisotopic (exact) mass is 450 g/mol. The van der Waals surface area contributed by atoms with Gasteiger partial charge in [0.15, 0.2) is 27.2 Å². The van der Waals surface area contributed by atoms with Crippen LogP contribution in [0.5, 0.6) is 11.5 Å². The Morgan fingerprint density at radius 3 is 2.32 bits per heavy atom. The highest BCUT2D eigenvalue weighted by Gasteiger charge is 2.20. The lowest BCUT2D eigenvalue weighted by Gasteiger charge is -2.12. The molecule has 0 N–H and O–H groups in total. The summed E-state index contributed by atoms with van der Waals surface area (Å²) in [5.41, 5.74) is -0.509. The predicted octanol–water partition coefficient (Wildman–Crippen LogP) is 3.50. The van der Waals surface area contributed by atoms with Crippen molar-refractivity contribution < 1.29 is 35.9 Å². The topological polar surface area (TPSA) is 99.9 Å². The Morgan fingerprint density at radius 2 is 1.74 bits per heavy atom. The van der Waals surface area contributed by atoms with Crippen LogP contribution in [0.4, 0.5) is 8.78 Å². The van der Waals surface area contributed by atoms with Crippen LogP contribution in [0.1, 0.15) is 5.76 Å². The molecule has 3 rings (SSSR count). The van der Waals surface area contributed by atoms with Gasteiger partial charge >= 0.3 is 5.97 Å². The molecule has 0 fully saturated rings. The summed E-state index contributed by atoms with van der Waals surface area (Å²) >= 11 is 0. The zero-order chi connectivity index (χ0) is 22.8. The number of hydrogen-bond donors (Lipinski definition) is 0. The first-order valence-corrected chi connectivity index (χ1v) is 10.6. The number of benzene rings is 2. The smallest absolute Gasteiger partial charge is 0.313 e. The van der Waals surface area contributed by atoms with Gasteiger partial charge in [0.25, 0.3) is 0 Å². The molecular formula is C21H16F2O7S. The fourth-order valence-electron chi connectivity index (χ4n) is 2.64. The standard InChI is InChI=1S/C21H16F2O7S/c1-28-19(25)11-14-10-17(24)21(30-18-8-5-13(22)9-16(18)23)20(29-14)12-3-6-15(7-4-12)31(2,26)27/h3-10H,11H2,1-2H3. The summed E-state index contributed by atoms with van der Waals surface area (Å²) in [6.07, 6.45) is 0.677. The largest absolute Gasteiger partial charge is 0.469 e. The van der Waals surface area contributed by atoms with Gasteiger partial charge in [-0.15, -0.1) is 0 Å². The summed E-state index contributed by atoms with van der Waals surface area (Å²) < 4.78 is 66.2. The molecule has 0 saturated carbocycles. The number of sulfone groups is 1. The van der Waals surface area contributed by atoms with Crippen LogP contribution >= 0.6 is 0 Å². The van der Waals surface area contributed by atoms with Gasteiger partial charge in [-0.05, 0) is 36.4 Å². The Kier molecular flexibility index (Phi) is 6.21. The van der Waals surface area contributed by atoms with Crippen molar-refractivity contribution in [2.24, 2.45) is 0 Å². The van der Waals surface area contributed by atoms with E-state index >= 15 is 0 Å². The van der Waals surface area contributed by atoms with E-state index in [2.05, 4.69) is 4.74 Å². The predicted molar refractivity (Wildman–Crippen MR) is 106 cm³/mol. The highest BCUT2D eigenvalue weighted by molar-refractivity contribution is 7.90. The first-order valence-electron chi connectivity index (χ1n) is 8.75. The van der Waals surface area contributed by atoms with E-state index in [1.165, 1.54) is 31.4 Å². The zero-order valence-electron chi connectivity index (χ0n) is 16.3. The van der Waals surface area contributed by atoms with Gasteiger partial charge in [-0.3, -0.25) is 9.59 Å². The molecule has 1 heterocycles. The number of halogens is 2. The normalized spacial score (nSPS) is 11.2. The van der Waals surface area contributed by atoms with E-state index in [0.29, 0.717) is 6.07 Å². The van der Waals surface area contributed by atoms with Crippen molar-refractivity contribution in [3.63, 3.8) is 0 Å². The van der Waals surface area contributed by atoms with Crippen molar-refractivity contribution in [2.75, 3.05) is 13.4 Å². The minimum atomic E-state index is -3.48. The Labute approximate surface area is 175 Å². The number of carbonyl (C=O) groups excluding carboxylic acids is 1. The Hall–Kier alpha value is -3.53. The number of carbonyl (C=O) groups is 1. The lowest BCUT2D eigenvalue weighted by molar-refractivity contribution is -0.140. The second-order valence-corrected chi connectivity index (χ2v) is 8.48. The van der Waals surface area contributed by atoms with Crippen LogP contribution in [0.25, 0.3) is 11.3 Å². The maximum absolute atomic E-state index is 14.1. The molecule has 7 nitrogen and oxygen atoms in total. The van der Waals surface area contributed by atoms with Crippen LogP contribution in [-0.2, 0) is 25.8 Å². The number of ether oxygens (including phenoxy) is 2. The molecule has 0 spiro atoms. The van der Waals surface area contributed by atoms with E-state index in [-0.39, 0.29) is 28.4 Å². The number of hydrogen-bond acceptors (Lipinski definition) is 7. The summed E-state index contributed by atoms with van der Waals surface area (Å²) in [7, 11) is -2.31. The molecule has 31 heavy (non-hydrogen) atoms. The van der Waals surface area contributed by atoms with E-state index in [4.69, 9.17) is 9.15 Å². The van der Waals surface area contributed by atoms with Crippen LogP contribution in [-0.4, -0.2) is 27.8 Å². The molecule has 3 aromatic rings. The average molecular weight is 450 g/mol. The SMILES string of the molecule is COC(=O)Cc1cc(=O)c(Oc2ccc(F)cc2F)c(-c2ccc(S(C)(=O)=O)cc2)o1. The summed E-state index contributed by atoms with van der Waals surface area (Å²) in [6, 6.07) is 8.84. The van der Waals surface area contributed by atoms with Gasteiger partial charge in [0, 0.05) is 24.0 Å². The highest BCUT2D eigenvalue weighted by atomic mass is 32.2. The molecule has 0 bridgehead atoms. The van der Waals surface area contributed by atoms with Crippen molar-refractivity contribution in [3.8, 4) is 22.8 Å². The van der Waals surface area contributed by atoms with Crippen LogP contribution in [0.15, 0.2) is 62.6 Å². The maximum atomic E-state index is 14.1. The molecule has 0 atom stereocenters. The molecule has 0 amide bonds. The van der Waals surface area contributed by atoms with Crippen molar-refractivity contribution in [3.05, 3.63) is 76.1 Å². The third kappa shape index (κ3) is 5.15. The van der Waals surface area contributed by atoms with E-state index in [9.17, 15) is 26.8 Å². The molecule has 1 aromatic heterocycles. The van der Waals surface area contributed by atoms with Crippen molar-refractivity contribution in [1.82, 2.24) is 0 Å². The highest BCUT2D eigenvalue weighted by Crippen LogP contribution is 2.33. The van der Waals surface area contributed by atoms with Gasteiger partial charge in [-0.2, -0.15) is 0 Å². The molecule has 162 valence electrons. The van der Waals surface area contributed by atoms with Gasteiger partial charge in [-0.1, -0.05) is 0 Å². The minimum absolute atomic E-state index is 0.0244. The lowest BCUT2D eigenvalue weighted by Crippen LogP contribution is -2.11. The van der Waals surface area contributed by atoms with Crippen molar-refractivity contribution in [1.29, 1.82) is 0 Å². The van der Waals surface area contributed by atoms with E-state index in [1.54, 1.807) is 0 Å². The zero-order valence-corrected chi connectivity index (χ0v) is 17.2. The summed E-state index contributed by atoms with van der Waals surface area (Å²) in [5, 5.41) is 0. The molecule has 10 heteroatoms. The first kappa shape index (κ1) is 22.2. The van der Waals surface area contributed by atoms with Gasteiger partial charge in [0.05, 0.1) is 12.0 Å². The molecule has 0 aliphatic carbocycles. The second kappa shape index (κ2) is 8.68. The fourth-order valence-corrected chi connectivity index (χ4v) is 3.27. The molecule has 0 aliphatic rings. The molecule has 0 aliphatic heterocycles. The van der Waals surface area contributed by atoms with Crippen molar-refractivity contribution >= 4 is 15.8 Å². The Bertz CT molecular complexity index is 1300. The van der Waals surface area contributed by atoms with Gasteiger partial charge < -0.3 is 13.9 Å². The summed E-state index contributed by atoms with van der Waals surface area (Å²) in [4.78, 5) is 24.3. The summed E-state index contributed by atoms with van der Waals surface area (Å²) in [6.45, 7) is 0. The molecule has 0 saturated heterocycles. The maximum Gasteiger partial charge on any atom is 0.313 e. The minimum Gasteiger partial charge on any atom is -0.469 e. The number of esters is 1. The fraction of sp³-hybridized carbons (Fsp3) is 0.143. The van der Waals surface area contributed by atoms with Gasteiger partial charge in [0.1, 0.15) is 18.0 Å². The number of rotatable bonds is 6. The van der Waals surface area contributed by atoms with E-state index in [0.717, 1.165) is 24.5 Å². The van der Waals surface area contributed by atoms with Gasteiger partial charge in [-0.25, -0.2) is 17.2 Å². The molecule has 0 radical (unpaired) electrons. The van der Waals surface area contributed by atoms with Crippen LogP contribution in [0, 0.1) is 11.6 Å². The number of methoxy groups -OCH3 is 1. The van der Waals surface area contributed by atoms with Crippen LogP contribution in [0.3, 0.4) is 0 Å². The van der Waals surface area contributed by atoms with Gasteiger partial charge in [0.2, 0.25) is 11.2 Å². The third-order valence-electron chi connectivity index (χ3n) is 4.15.